The van der Waals surface area contributed by atoms with Crippen LogP contribution < -0.4 is 5.73 Å². The van der Waals surface area contributed by atoms with E-state index in [9.17, 15) is 13.2 Å². The normalized spacial score (nSPS) is 13.2. The number of hydrogen-bond acceptors (Lipinski definition) is 4. The Morgan fingerprint density at radius 2 is 1.88 bits per heavy atom. The fraction of sp³-hybridized carbons (Fsp3) is 0.364. The first-order chi connectivity index (χ1) is 7.92. The van der Waals surface area contributed by atoms with Crippen LogP contribution in [0.2, 0.25) is 0 Å². The van der Waals surface area contributed by atoms with Crippen molar-refractivity contribution in [1.82, 2.24) is 0 Å². The topological polar surface area (TPSA) is 97.5 Å². The van der Waals surface area contributed by atoms with Gasteiger partial charge in [-0.15, -0.1) is 0 Å². The van der Waals surface area contributed by atoms with Crippen molar-refractivity contribution in [1.29, 1.82) is 0 Å². The molecule has 5 nitrogen and oxygen atoms in total. The second-order valence-corrected chi connectivity index (χ2v) is 5.89. The Balaban J connectivity index is 2.60. The summed E-state index contributed by atoms with van der Waals surface area (Å²) in [6.07, 6.45) is -0.0756. The van der Waals surface area contributed by atoms with Gasteiger partial charge in [-0.2, -0.15) is 0 Å². The summed E-state index contributed by atoms with van der Waals surface area (Å²) in [6.45, 7) is 0. The Morgan fingerprint density at radius 1 is 1.29 bits per heavy atom. The second-order valence-electron chi connectivity index (χ2n) is 3.78. The third kappa shape index (κ3) is 4.54. The summed E-state index contributed by atoms with van der Waals surface area (Å²) < 4.78 is 23.6. The lowest BCUT2D eigenvalue weighted by Gasteiger charge is -2.09. The van der Waals surface area contributed by atoms with E-state index in [0.29, 0.717) is 0 Å². The number of benzene rings is 1. The number of carboxylic acids is 1. The molecule has 0 spiro atoms. The Hall–Kier alpha value is -1.40. The van der Waals surface area contributed by atoms with Crippen LogP contribution in [0.5, 0.6) is 0 Å². The average Bonchev–Trinajstić information content (AvgIpc) is 2.27. The minimum absolute atomic E-state index is 0.133. The molecule has 0 aliphatic carbocycles. The molecule has 0 heterocycles. The monoisotopic (exact) mass is 257 g/mol. The van der Waals surface area contributed by atoms with Gasteiger partial charge in [-0.3, -0.25) is 4.79 Å². The number of sulfone groups is 1. The van der Waals surface area contributed by atoms with Crippen molar-refractivity contribution in [3.8, 4) is 0 Å². The van der Waals surface area contributed by atoms with Gasteiger partial charge in [0.2, 0.25) is 0 Å². The van der Waals surface area contributed by atoms with E-state index in [-0.39, 0.29) is 23.5 Å². The highest BCUT2D eigenvalue weighted by molar-refractivity contribution is 7.91. The maximum atomic E-state index is 11.8. The summed E-state index contributed by atoms with van der Waals surface area (Å²) in [7, 11) is -3.36. The van der Waals surface area contributed by atoms with Crippen molar-refractivity contribution in [3.63, 3.8) is 0 Å². The van der Waals surface area contributed by atoms with Gasteiger partial charge >= 0.3 is 5.97 Å². The summed E-state index contributed by atoms with van der Waals surface area (Å²) in [4.78, 5) is 10.6. The molecule has 0 aliphatic heterocycles. The number of carbonyl (C=O) groups is 1. The predicted octanol–water partition coefficient (Wildman–Crippen LogP) is 0.652. The van der Waals surface area contributed by atoms with E-state index in [1.807, 2.05) is 0 Å². The van der Waals surface area contributed by atoms with Crippen LogP contribution in [0.15, 0.2) is 35.2 Å². The van der Waals surface area contributed by atoms with Crippen molar-refractivity contribution < 1.29 is 18.3 Å². The van der Waals surface area contributed by atoms with Gasteiger partial charge in [-0.1, -0.05) is 18.2 Å². The molecule has 1 aromatic carbocycles. The zero-order chi connectivity index (χ0) is 12.9. The molecular formula is C11H15NO4S. The molecule has 1 rings (SSSR count). The van der Waals surface area contributed by atoms with Crippen LogP contribution in [-0.2, 0) is 14.6 Å². The molecule has 6 heteroatoms. The predicted molar refractivity (Wildman–Crippen MR) is 63.3 cm³/mol. The molecule has 1 aromatic rings. The highest BCUT2D eigenvalue weighted by Crippen LogP contribution is 2.12. The maximum Gasteiger partial charge on any atom is 0.304 e. The molecule has 94 valence electrons. The van der Waals surface area contributed by atoms with Gasteiger partial charge in [0.25, 0.3) is 0 Å². The van der Waals surface area contributed by atoms with Gasteiger partial charge in [-0.05, 0) is 18.6 Å². The Bertz CT molecular complexity index is 470. The lowest BCUT2D eigenvalue weighted by atomic mass is 10.2. The van der Waals surface area contributed by atoms with E-state index in [1.54, 1.807) is 18.2 Å². The highest BCUT2D eigenvalue weighted by Gasteiger charge is 2.17. The summed E-state index contributed by atoms with van der Waals surface area (Å²) >= 11 is 0. The summed E-state index contributed by atoms with van der Waals surface area (Å²) in [5.74, 6) is -1.15. The molecule has 0 radical (unpaired) electrons. The first kappa shape index (κ1) is 13.7. The first-order valence-electron chi connectivity index (χ1n) is 5.17. The number of aliphatic carboxylic acids is 1. The fourth-order valence-electron chi connectivity index (χ4n) is 1.38. The van der Waals surface area contributed by atoms with E-state index >= 15 is 0 Å². The van der Waals surface area contributed by atoms with Crippen molar-refractivity contribution in [2.45, 2.75) is 23.8 Å². The summed E-state index contributed by atoms with van der Waals surface area (Å²) in [6, 6.07) is 7.41. The summed E-state index contributed by atoms with van der Waals surface area (Å²) in [5.41, 5.74) is 5.51. The smallest absolute Gasteiger partial charge is 0.304 e. The van der Waals surface area contributed by atoms with E-state index in [1.165, 1.54) is 12.1 Å². The van der Waals surface area contributed by atoms with Crippen LogP contribution in [0.4, 0.5) is 0 Å². The minimum Gasteiger partial charge on any atom is -0.481 e. The van der Waals surface area contributed by atoms with Crippen molar-refractivity contribution in [2.75, 3.05) is 5.75 Å². The van der Waals surface area contributed by atoms with Crippen LogP contribution >= 0.6 is 0 Å². The van der Waals surface area contributed by atoms with E-state index in [2.05, 4.69) is 0 Å². The first-order valence-corrected chi connectivity index (χ1v) is 6.82. The van der Waals surface area contributed by atoms with Gasteiger partial charge < -0.3 is 10.8 Å². The molecule has 0 amide bonds. The van der Waals surface area contributed by atoms with Crippen molar-refractivity contribution in [3.05, 3.63) is 30.3 Å². The molecular weight excluding hydrogens is 242 g/mol. The SMILES string of the molecule is N[C@H](CCS(=O)(=O)c1ccccc1)CC(=O)O. The molecule has 0 unspecified atom stereocenters. The maximum absolute atomic E-state index is 11.8. The summed E-state index contributed by atoms with van der Waals surface area (Å²) in [5, 5.41) is 8.50. The number of nitrogens with two attached hydrogens (primary N) is 1. The average molecular weight is 257 g/mol. The second kappa shape index (κ2) is 5.79. The lowest BCUT2D eigenvalue weighted by molar-refractivity contribution is -0.137. The number of rotatable bonds is 6. The molecule has 0 aromatic heterocycles. The standard InChI is InChI=1S/C11H15NO4S/c12-9(8-11(13)14)6-7-17(15,16)10-4-2-1-3-5-10/h1-5,9H,6-8,12H2,(H,13,14)/t9-/m1/s1. The number of hydrogen-bond donors (Lipinski definition) is 2. The molecule has 0 saturated heterocycles. The Kier molecular flexibility index (Phi) is 4.65. The number of carboxylic acid groups (broad SMARTS) is 1. The van der Waals surface area contributed by atoms with Gasteiger partial charge in [0.15, 0.2) is 9.84 Å². The molecule has 0 saturated carbocycles. The largest absolute Gasteiger partial charge is 0.481 e. The third-order valence-corrected chi connectivity index (χ3v) is 4.06. The van der Waals surface area contributed by atoms with Gasteiger partial charge in [0.1, 0.15) is 0 Å². The van der Waals surface area contributed by atoms with Crippen LogP contribution in [0.25, 0.3) is 0 Å². The molecule has 3 N–H and O–H groups in total. The van der Waals surface area contributed by atoms with Crippen LogP contribution in [0.1, 0.15) is 12.8 Å². The van der Waals surface area contributed by atoms with Gasteiger partial charge in [0.05, 0.1) is 17.1 Å². The van der Waals surface area contributed by atoms with Crippen LogP contribution in [-0.4, -0.2) is 31.3 Å². The zero-order valence-corrected chi connectivity index (χ0v) is 10.1. The molecule has 1 atom stereocenters. The van der Waals surface area contributed by atoms with Crippen molar-refractivity contribution in [2.24, 2.45) is 5.73 Å². The van der Waals surface area contributed by atoms with Crippen LogP contribution in [0.3, 0.4) is 0 Å². The van der Waals surface area contributed by atoms with Gasteiger partial charge in [-0.25, -0.2) is 8.42 Å². The molecule has 0 bridgehead atoms. The quantitative estimate of drug-likeness (QED) is 0.780. The Labute approximate surface area is 100 Å². The molecule has 0 fully saturated rings. The lowest BCUT2D eigenvalue weighted by Crippen LogP contribution is -2.26. The van der Waals surface area contributed by atoms with Gasteiger partial charge in [0, 0.05) is 6.04 Å². The molecule has 17 heavy (non-hydrogen) atoms. The third-order valence-electron chi connectivity index (χ3n) is 2.30. The highest BCUT2D eigenvalue weighted by atomic mass is 32.2. The fourth-order valence-corrected chi connectivity index (χ4v) is 2.80. The zero-order valence-electron chi connectivity index (χ0n) is 9.24. The van der Waals surface area contributed by atoms with E-state index < -0.39 is 21.8 Å². The van der Waals surface area contributed by atoms with E-state index in [4.69, 9.17) is 10.8 Å². The van der Waals surface area contributed by atoms with E-state index in [0.717, 1.165) is 0 Å². The minimum atomic E-state index is -3.36. The molecule has 0 aliphatic rings. The Morgan fingerprint density at radius 3 is 2.41 bits per heavy atom. The van der Waals surface area contributed by atoms with Crippen LogP contribution in [0, 0.1) is 0 Å². The van der Waals surface area contributed by atoms with Crippen molar-refractivity contribution >= 4 is 15.8 Å².